The Morgan fingerprint density at radius 3 is 2.26 bits per heavy atom. The number of carbonyl (C=O) groups is 2. The van der Waals surface area contributed by atoms with Crippen molar-refractivity contribution in [1.29, 1.82) is 0 Å². The third kappa shape index (κ3) is 7.00. The van der Waals surface area contributed by atoms with Crippen LogP contribution in [0.1, 0.15) is 20.3 Å². The highest BCUT2D eigenvalue weighted by Crippen LogP contribution is 2.08. The third-order valence-corrected chi connectivity index (χ3v) is 3.83. The van der Waals surface area contributed by atoms with Crippen LogP contribution in [-0.2, 0) is 14.6 Å². The van der Waals surface area contributed by atoms with E-state index in [1.165, 1.54) is 11.9 Å². The molecule has 2 amide bonds. The second-order valence-corrected chi connectivity index (χ2v) is 6.96. The molecule has 112 valence electrons. The topological polar surface area (TPSA) is 104 Å². The molecule has 0 radical (unpaired) electrons. The van der Waals surface area contributed by atoms with Gasteiger partial charge in [0.2, 0.25) is 0 Å². The first-order valence-corrected chi connectivity index (χ1v) is 8.06. The number of carboxylic acids is 1. The monoisotopic (exact) mass is 294 g/mol. The van der Waals surface area contributed by atoms with Gasteiger partial charge in [-0.25, -0.2) is 18.0 Å². The predicted molar refractivity (Wildman–Crippen MR) is 71.8 cm³/mol. The zero-order valence-electron chi connectivity index (χ0n) is 11.7. The van der Waals surface area contributed by atoms with Crippen molar-refractivity contribution >= 4 is 21.8 Å². The summed E-state index contributed by atoms with van der Waals surface area (Å²) in [4.78, 5) is 24.0. The second-order valence-electron chi connectivity index (χ2n) is 4.70. The molecule has 2 atom stereocenters. The Hall–Kier alpha value is -1.31. The van der Waals surface area contributed by atoms with E-state index in [1.54, 1.807) is 6.92 Å². The van der Waals surface area contributed by atoms with Crippen LogP contribution >= 0.6 is 0 Å². The molecule has 0 aliphatic carbocycles. The number of carboxylic acid groups (broad SMARTS) is 1. The Balaban J connectivity index is 4.52. The van der Waals surface area contributed by atoms with Crippen LogP contribution < -0.4 is 5.32 Å². The van der Waals surface area contributed by atoms with Gasteiger partial charge in [0.25, 0.3) is 0 Å². The van der Waals surface area contributed by atoms with Gasteiger partial charge in [0, 0.05) is 19.8 Å². The molecule has 0 aromatic carbocycles. The summed E-state index contributed by atoms with van der Waals surface area (Å²) in [6.07, 6.45) is 1.70. The van der Waals surface area contributed by atoms with Gasteiger partial charge in [0.1, 0.15) is 15.9 Å². The molecule has 0 heterocycles. The van der Waals surface area contributed by atoms with Gasteiger partial charge in [-0.1, -0.05) is 20.3 Å². The maximum Gasteiger partial charge on any atom is 0.326 e. The van der Waals surface area contributed by atoms with Crippen LogP contribution in [-0.4, -0.2) is 62.1 Å². The molecular weight excluding hydrogens is 272 g/mol. The zero-order valence-corrected chi connectivity index (χ0v) is 12.5. The lowest BCUT2D eigenvalue weighted by molar-refractivity contribution is -0.140. The Morgan fingerprint density at radius 2 is 1.89 bits per heavy atom. The molecule has 0 fully saturated rings. The van der Waals surface area contributed by atoms with Gasteiger partial charge < -0.3 is 15.3 Å². The summed E-state index contributed by atoms with van der Waals surface area (Å²) in [6.45, 7) is 3.59. The van der Waals surface area contributed by atoms with Gasteiger partial charge in [-0.15, -0.1) is 0 Å². The van der Waals surface area contributed by atoms with E-state index in [0.29, 0.717) is 6.42 Å². The van der Waals surface area contributed by atoms with Crippen LogP contribution in [0, 0.1) is 5.92 Å². The summed E-state index contributed by atoms with van der Waals surface area (Å²) in [5.41, 5.74) is 0. The van der Waals surface area contributed by atoms with Crippen LogP contribution in [0.5, 0.6) is 0 Å². The minimum Gasteiger partial charge on any atom is -0.480 e. The van der Waals surface area contributed by atoms with Crippen molar-refractivity contribution in [2.75, 3.05) is 25.6 Å². The molecule has 0 spiro atoms. The van der Waals surface area contributed by atoms with E-state index in [1.807, 2.05) is 6.92 Å². The minimum atomic E-state index is -3.16. The summed E-state index contributed by atoms with van der Waals surface area (Å²) in [5.74, 6) is -1.46. The SMILES string of the molecule is CCC(C)[C@H](NC(=O)N(C)CCS(C)(=O)=O)C(=O)O. The quantitative estimate of drug-likeness (QED) is 0.696. The Labute approximate surface area is 113 Å². The highest BCUT2D eigenvalue weighted by Gasteiger charge is 2.26. The number of sulfone groups is 1. The van der Waals surface area contributed by atoms with Gasteiger partial charge >= 0.3 is 12.0 Å². The fourth-order valence-electron chi connectivity index (χ4n) is 1.33. The first-order chi connectivity index (χ1) is 8.58. The minimum absolute atomic E-state index is 0.0253. The van der Waals surface area contributed by atoms with Crippen molar-refractivity contribution in [2.24, 2.45) is 5.92 Å². The molecular formula is C11H22N2O5S. The first-order valence-electron chi connectivity index (χ1n) is 6.00. The summed E-state index contributed by atoms with van der Waals surface area (Å²) in [6, 6.07) is -1.56. The summed E-state index contributed by atoms with van der Waals surface area (Å²) in [7, 11) is -1.73. The van der Waals surface area contributed by atoms with Crippen molar-refractivity contribution < 1.29 is 23.1 Å². The number of nitrogens with one attached hydrogen (secondary N) is 1. The molecule has 0 rings (SSSR count). The number of carbonyl (C=O) groups excluding carboxylic acids is 1. The molecule has 0 aliphatic rings. The van der Waals surface area contributed by atoms with Crippen LogP contribution in [0.15, 0.2) is 0 Å². The molecule has 0 aromatic heterocycles. The number of urea groups is 1. The van der Waals surface area contributed by atoms with E-state index < -0.39 is 27.9 Å². The molecule has 1 unspecified atom stereocenters. The highest BCUT2D eigenvalue weighted by molar-refractivity contribution is 7.90. The van der Waals surface area contributed by atoms with E-state index in [0.717, 1.165) is 6.26 Å². The van der Waals surface area contributed by atoms with Crippen molar-refractivity contribution in [3.63, 3.8) is 0 Å². The number of aliphatic carboxylic acids is 1. The van der Waals surface area contributed by atoms with E-state index >= 15 is 0 Å². The number of amides is 2. The Kier molecular flexibility index (Phi) is 6.82. The molecule has 2 N–H and O–H groups in total. The Bertz CT molecular complexity index is 421. The van der Waals surface area contributed by atoms with Gasteiger partial charge in [-0.3, -0.25) is 0 Å². The molecule has 0 saturated heterocycles. The highest BCUT2D eigenvalue weighted by atomic mass is 32.2. The number of nitrogens with zero attached hydrogens (tertiary/aromatic N) is 1. The lowest BCUT2D eigenvalue weighted by Crippen LogP contribution is -2.50. The average Bonchev–Trinajstić information content (AvgIpc) is 2.30. The fourth-order valence-corrected chi connectivity index (χ4v) is 1.94. The molecule has 19 heavy (non-hydrogen) atoms. The van der Waals surface area contributed by atoms with Gasteiger partial charge in [-0.05, 0) is 5.92 Å². The summed E-state index contributed by atoms with van der Waals surface area (Å²) < 4.78 is 22.0. The van der Waals surface area contributed by atoms with Crippen molar-refractivity contribution in [3.8, 4) is 0 Å². The number of rotatable bonds is 7. The van der Waals surface area contributed by atoms with Crippen molar-refractivity contribution in [3.05, 3.63) is 0 Å². The first kappa shape index (κ1) is 17.7. The third-order valence-electron chi connectivity index (χ3n) is 2.90. The zero-order chi connectivity index (χ0) is 15.2. The van der Waals surface area contributed by atoms with E-state index in [2.05, 4.69) is 5.32 Å². The van der Waals surface area contributed by atoms with Gasteiger partial charge in [0.05, 0.1) is 5.75 Å². The summed E-state index contributed by atoms with van der Waals surface area (Å²) >= 11 is 0. The molecule has 0 aliphatic heterocycles. The molecule has 7 nitrogen and oxygen atoms in total. The normalized spacial score (nSPS) is 14.5. The van der Waals surface area contributed by atoms with Crippen molar-refractivity contribution in [2.45, 2.75) is 26.3 Å². The van der Waals surface area contributed by atoms with Crippen LogP contribution in [0.25, 0.3) is 0 Å². The average molecular weight is 294 g/mol. The largest absolute Gasteiger partial charge is 0.480 e. The lowest BCUT2D eigenvalue weighted by atomic mass is 9.99. The van der Waals surface area contributed by atoms with Crippen LogP contribution in [0.2, 0.25) is 0 Å². The van der Waals surface area contributed by atoms with Crippen LogP contribution in [0.4, 0.5) is 4.79 Å². The molecule has 8 heteroatoms. The number of hydrogen-bond donors (Lipinski definition) is 2. The standard InChI is InChI=1S/C11H22N2O5S/c1-5-8(2)9(10(14)15)12-11(16)13(3)6-7-19(4,17)18/h8-9H,5-7H2,1-4H3,(H,12,16)(H,14,15)/t8?,9-/m0/s1. The van der Waals surface area contributed by atoms with Gasteiger partial charge in [-0.2, -0.15) is 0 Å². The second kappa shape index (κ2) is 7.32. The summed E-state index contributed by atoms with van der Waals surface area (Å²) in [5, 5.41) is 11.4. The van der Waals surface area contributed by atoms with E-state index in [4.69, 9.17) is 5.11 Å². The van der Waals surface area contributed by atoms with Gasteiger partial charge in [0.15, 0.2) is 0 Å². The Morgan fingerprint density at radius 1 is 1.37 bits per heavy atom. The van der Waals surface area contributed by atoms with Crippen molar-refractivity contribution in [1.82, 2.24) is 10.2 Å². The maximum absolute atomic E-state index is 11.8. The van der Waals surface area contributed by atoms with Crippen LogP contribution in [0.3, 0.4) is 0 Å². The molecule has 0 aromatic rings. The predicted octanol–water partition coefficient (Wildman–Crippen LogP) is 0.172. The number of hydrogen-bond acceptors (Lipinski definition) is 4. The molecule has 0 bridgehead atoms. The lowest BCUT2D eigenvalue weighted by Gasteiger charge is -2.24. The maximum atomic E-state index is 11.8. The van der Waals surface area contributed by atoms with E-state index in [9.17, 15) is 18.0 Å². The fraction of sp³-hybridized carbons (Fsp3) is 0.818. The molecule has 0 saturated carbocycles. The van der Waals surface area contributed by atoms with E-state index in [-0.39, 0.29) is 18.2 Å². The smallest absolute Gasteiger partial charge is 0.326 e.